The van der Waals surface area contributed by atoms with Crippen LogP contribution in [-0.2, 0) is 4.79 Å². The maximum Gasteiger partial charge on any atom is 0.224 e. The smallest absolute Gasteiger partial charge is 0.224 e. The first kappa shape index (κ1) is 11.5. The summed E-state index contributed by atoms with van der Waals surface area (Å²) in [6.07, 6.45) is 5.04. The van der Waals surface area contributed by atoms with Crippen molar-refractivity contribution in [2.75, 3.05) is 19.6 Å². The van der Waals surface area contributed by atoms with Gasteiger partial charge in [-0.15, -0.1) is 0 Å². The van der Waals surface area contributed by atoms with Crippen LogP contribution in [0.1, 0.15) is 32.1 Å². The number of amides is 1. The summed E-state index contributed by atoms with van der Waals surface area (Å²) in [5, 5.41) is 0. The maximum atomic E-state index is 11.3. The van der Waals surface area contributed by atoms with Crippen molar-refractivity contribution in [1.29, 1.82) is 0 Å². The third-order valence-corrected chi connectivity index (χ3v) is 2.63. The highest BCUT2D eigenvalue weighted by atomic mass is 16.2. The van der Waals surface area contributed by atoms with Gasteiger partial charge in [-0.25, -0.2) is 0 Å². The fraction of sp³-hybridized carbons (Fsp3) is 0.900. The molecule has 0 bridgehead atoms. The van der Waals surface area contributed by atoms with Crippen molar-refractivity contribution in [3.8, 4) is 0 Å². The number of nitrogens with zero attached hydrogens (tertiary/aromatic N) is 1. The van der Waals surface area contributed by atoms with E-state index in [2.05, 4.69) is 0 Å². The first-order valence-corrected chi connectivity index (χ1v) is 5.47. The van der Waals surface area contributed by atoms with Crippen LogP contribution in [0.2, 0.25) is 0 Å². The molecule has 0 spiro atoms. The van der Waals surface area contributed by atoms with Gasteiger partial charge in [-0.05, 0) is 19.4 Å². The van der Waals surface area contributed by atoms with Crippen LogP contribution in [0.15, 0.2) is 0 Å². The molecule has 4 nitrogen and oxygen atoms in total. The average Bonchev–Trinajstić information content (AvgIpc) is 2.45. The van der Waals surface area contributed by atoms with Crippen molar-refractivity contribution < 1.29 is 4.79 Å². The Kier molecular flexibility index (Phi) is 4.90. The molecule has 0 aliphatic carbocycles. The average molecular weight is 199 g/mol. The predicted octanol–water partition coefficient (Wildman–Crippen LogP) is 0.0651. The Morgan fingerprint density at radius 3 is 2.57 bits per heavy atom. The van der Waals surface area contributed by atoms with E-state index in [9.17, 15) is 4.79 Å². The van der Waals surface area contributed by atoms with Gasteiger partial charge in [0.2, 0.25) is 5.91 Å². The second-order valence-corrected chi connectivity index (χ2v) is 4.01. The summed E-state index contributed by atoms with van der Waals surface area (Å²) < 4.78 is 0. The molecule has 0 aromatic rings. The summed E-state index contributed by atoms with van der Waals surface area (Å²) >= 11 is 0. The van der Waals surface area contributed by atoms with Crippen molar-refractivity contribution in [3.63, 3.8) is 0 Å². The zero-order valence-corrected chi connectivity index (χ0v) is 8.74. The van der Waals surface area contributed by atoms with Gasteiger partial charge in [0.15, 0.2) is 0 Å². The number of likely N-dealkylation sites (tertiary alicyclic amines) is 1. The summed E-state index contributed by atoms with van der Waals surface area (Å²) in [4.78, 5) is 13.2. The molecule has 1 rings (SSSR count). The minimum atomic E-state index is 0.0616. The number of carbonyl (C=O) groups is 1. The summed E-state index contributed by atoms with van der Waals surface area (Å²) in [6, 6.07) is 0.0616. The molecule has 14 heavy (non-hydrogen) atoms. The molecule has 82 valence electrons. The summed E-state index contributed by atoms with van der Waals surface area (Å²) in [5.41, 5.74) is 11.1. The molecule has 1 amide bonds. The number of unbranched alkanes of at least 4 members (excludes halogenated alkanes) is 3. The third kappa shape index (κ3) is 3.64. The lowest BCUT2D eigenvalue weighted by Crippen LogP contribution is -2.29. The summed E-state index contributed by atoms with van der Waals surface area (Å²) in [6.45, 7) is 2.39. The van der Waals surface area contributed by atoms with Gasteiger partial charge in [0.1, 0.15) is 0 Å². The molecule has 1 saturated heterocycles. The van der Waals surface area contributed by atoms with Crippen molar-refractivity contribution in [2.24, 2.45) is 11.5 Å². The lowest BCUT2D eigenvalue weighted by atomic mass is 10.2. The first-order chi connectivity index (χ1) is 6.74. The standard InChI is InChI=1S/C10H21N3O/c11-5-3-1-2-4-6-13-8-9(12)7-10(13)14/h9H,1-8,11-12H2. The van der Waals surface area contributed by atoms with Crippen LogP contribution in [0, 0.1) is 0 Å². The monoisotopic (exact) mass is 199 g/mol. The summed E-state index contributed by atoms with van der Waals surface area (Å²) in [5.74, 6) is 0.219. The third-order valence-electron chi connectivity index (χ3n) is 2.63. The number of hydrogen-bond acceptors (Lipinski definition) is 3. The highest BCUT2D eigenvalue weighted by Gasteiger charge is 2.25. The molecule has 0 aromatic heterocycles. The van der Waals surface area contributed by atoms with Crippen molar-refractivity contribution in [2.45, 2.75) is 38.1 Å². The van der Waals surface area contributed by atoms with E-state index >= 15 is 0 Å². The van der Waals surface area contributed by atoms with Crippen LogP contribution in [-0.4, -0.2) is 36.5 Å². The van der Waals surface area contributed by atoms with E-state index in [0.29, 0.717) is 6.42 Å². The van der Waals surface area contributed by atoms with Crippen LogP contribution >= 0.6 is 0 Å². The Labute approximate surface area is 85.6 Å². The molecular weight excluding hydrogens is 178 g/mol. The van der Waals surface area contributed by atoms with Crippen LogP contribution in [0.5, 0.6) is 0 Å². The molecule has 0 saturated carbocycles. The van der Waals surface area contributed by atoms with Crippen LogP contribution in [0.3, 0.4) is 0 Å². The zero-order chi connectivity index (χ0) is 10.4. The van der Waals surface area contributed by atoms with Crippen LogP contribution < -0.4 is 11.5 Å². The molecule has 0 aromatic carbocycles. The molecule has 1 aliphatic rings. The number of rotatable bonds is 6. The fourth-order valence-corrected chi connectivity index (χ4v) is 1.82. The van der Waals surface area contributed by atoms with Crippen molar-refractivity contribution in [3.05, 3.63) is 0 Å². The van der Waals surface area contributed by atoms with Crippen LogP contribution in [0.25, 0.3) is 0 Å². The van der Waals surface area contributed by atoms with Gasteiger partial charge in [-0.1, -0.05) is 12.8 Å². The Balaban J connectivity index is 2.04. The van der Waals surface area contributed by atoms with Gasteiger partial charge in [0, 0.05) is 25.6 Å². The van der Waals surface area contributed by atoms with E-state index in [-0.39, 0.29) is 11.9 Å². The second-order valence-electron chi connectivity index (χ2n) is 4.01. The Morgan fingerprint density at radius 2 is 2.00 bits per heavy atom. The van der Waals surface area contributed by atoms with Gasteiger partial charge >= 0.3 is 0 Å². The molecular formula is C10H21N3O. The Morgan fingerprint density at radius 1 is 1.29 bits per heavy atom. The molecule has 1 heterocycles. The lowest BCUT2D eigenvalue weighted by molar-refractivity contribution is -0.127. The van der Waals surface area contributed by atoms with E-state index in [4.69, 9.17) is 11.5 Å². The Hall–Kier alpha value is -0.610. The normalized spacial score (nSPS) is 22.0. The van der Waals surface area contributed by atoms with Gasteiger partial charge in [-0.3, -0.25) is 4.79 Å². The quantitative estimate of drug-likeness (QED) is 0.594. The van der Waals surface area contributed by atoms with Gasteiger partial charge in [0.25, 0.3) is 0 Å². The van der Waals surface area contributed by atoms with E-state index < -0.39 is 0 Å². The van der Waals surface area contributed by atoms with Gasteiger partial charge < -0.3 is 16.4 Å². The molecule has 1 fully saturated rings. The van der Waals surface area contributed by atoms with E-state index in [1.54, 1.807) is 0 Å². The lowest BCUT2D eigenvalue weighted by Gasteiger charge is -2.15. The molecule has 1 aliphatic heterocycles. The highest BCUT2D eigenvalue weighted by molar-refractivity contribution is 5.79. The fourth-order valence-electron chi connectivity index (χ4n) is 1.82. The minimum absolute atomic E-state index is 0.0616. The number of nitrogens with two attached hydrogens (primary N) is 2. The molecule has 1 unspecified atom stereocenters. The highest BCUT2D eigenvalue weighted by Crippen LogP contribution is 2.10. The Bertz CT molecular complexity index is 184. The SMILES string of the molecule is NCCCCCCN1CC(N)CC1=O. The van der Waals surface area contributed by atoms with Crippen molar-refractivity contribution >= 4 is 5.91 Å². The van der Waals surface area contributed by atoms with Crippen molar-refractivity contribution in [1.82, 2.24) is 4.90 Å². The number of hydrogen-bond donors (Lipinski definition) is 2. The van der Waals surface area contributed by atoms with E-state index in [1.807, 2.05) is 4.90 Å². The van der Waals surface area contributed by atoms with Crippen LogP contribution in [0.4, 0.5) is 0 Å². The molecule has 1 atom stereocenters. The minimum Gasteiger partial charge on any atom is -0.341 e. The largest absolute Gasteiger partial charge is 0.341 e. The number of carbonyl (C=O) groups excluding carboxylic acids is 1. The second kappa shape index (κ2) is 5.98. The van der Waals surface area contributed by atoms with Gasteiger partial charge in [-0.2, -0.15) is 0 Å². The first-order valence-electron chi connectivity index (χ1n) is 5.47. The predicted molar refractivity (Wildman–Crippen MR) is 56.7 cm³/mol. The molecule has 4 N–H and O–H groups in total. The summed E-state index contributed by atoms with van der Waals surface area (Å²) in [7, 11) is 0. The maximum absolute atomic E-state index is 11.3. The van der Waals surface area contributed by atoms with Gasteiger partial charge in [0.05, 0.1) is 0 Å². The van der Waals surface area contributed by atoms with E-state index in [0.717, 1.165) is 38.9 Å². The molecule has 4 heteroatoms. The topological polar surface area (TPSA) is 72.3 Å². The zero-order valence-electron chi connectivity index (χ0n) is 8.74. The molecule has 0 radical (unpaired) electrons. The van der Waals surface area contributed by atoms with E-state index in [1.165, 1.54) is 6.42 Å².